The molecule has 0 fully saturated rings. The van der Waals surface area contributed by atoms with Crippen molar-refractivity contribution in [2.75, 3.05) is 4.90 Å². The molecule has 0 aliphatic carbocycles. The van der Waals surface area contributed by atoms with Crippen LogP contribution in [0.25, 0.3) is 74.7 Å². The van der Waals surface area contributed by atoms with Gasteiger partial charge in [-0.1, -0.05) is 133 Å². The number of hydrogen-bond acceptors (Lipinski definition) is 2. The lowest BCUT2D eigenvalue weighted by atomic mass is 9.99. The van der Waals surface area contributed by atoms with Crippen molar-refractivity contribution in [3.05, 3.63) is 188 Å². The molecule has 0 aliphatic heterocycles. The highest BCUT2D eigenvalue weighted by Gasteiger charge is 2.15. The molecule has 1 aromatic heterocycles. The van der Waals surface area contributed by atoms with Crippen molar-refractivity contribution in [3.8, 4) is 22.3 Å². The van der Waals surface area contributed by atoms with E-state index < -0.39 is 0 Å². The molecule has 9 aromatic carbocycles. The van der Waals surface area contributed by atoms with Gasteiger partial charge in [-0.15, -0.1) is 11.3 Å². The van der Waals surface area contributed by atoms with Crippen molar-refractivity contribution < 1.29 is 0 Å². The molecule has 0 bridgehead atoms. The minimum absolute atomic E-state index is 1.12. The molecule has 0 saturated heterocycles. The van der Waals surface area contributed by atoms with Crippen LogP contribution in [0.1, 0.15) is 0 Å². The lowest BCUT2D eigenvalue weighted by Gasteiger charge is -2.26. The second-order valence-electron chi connectivity index (χ2n) is 13.0. The SMILES string of the molecule is c1ccc2cc(-c3ccc(N(c4ccc(-c5ccc6c(c5)sc5ccccc56)cc4)c4ccc5ccc6ccccc6c5c4)cc3)ccc2c1. The van der Waals surface area contributed by atoms with Crippen LogP contribution in [-0.2, 0) is 0 Å². The zero-order chi connectivity index (χ0) is 33.0. The second-order valence-corrected chi connectivity index (χ2v) is 14.1. The van der Waals surface area contributed by atoms with E-state index in [1.807, 2.05) is 11.3 Å². The quantitative estimate of drug-likeness (QED) is 0.167. The van der Waals surface area contributed by atoms with Gasteiger partial charge < -0.3 is 4.90 Å². The van der Waals surface area contributed by atoms with Crippen LogP contribution in [0.4, 0.5) is 17.1 Å². The van der Waals surface area contributed by atoms with Crippen LogP contribution < -0.4 is 4.90 Å². The number of benzene rings is 9. The van der Waals surface area contributed by atoms with Gasteiger partial charge in [-0.2, -0.15) is 0 Å². The van der Waals surface area contributed by atoms with Crippen LogP contribution >= 0.6 is 11.3 Å². The summed E-state index contributed by atoms with van der Waals surface area (Å²) in [4.78, 5) is 2.38. The number of nitrogens with zero attached hydrogens (tertiary/aromatic N) is 1. The molecule has 0 saturated carbocycles. The van der Waals surface area contributed by atoms with Gasteiger partial charge in [-0.05, 0) is 109 Å². The molecule has 1 heterocycles. The Labute approximate surface area is 294 Å². The number of fused-ring (bicyclic) bond motifs is 7. The first kappa shape index (κ1) is 28.8. The number of rotatable bonds is 5. The first-order valence-electron chi connectivity index (χ1n) is 17.1. The van der Waals surface area contributed by atoms with Crippen molar-refractivity contribution in [2.45, 2.75) is 0 Å². The highest BCUT2D eigenvalue weighted by Crippen LogP contribution is 2.41. The van der Waals surface area contributed by atoms with Crippen LogP contribution in [-0.4, -0.2) is 0 Å². The van der Waals surface area contributed by atoms with Gasteiger partial charge in [0.15, 0.2) is 0 Å². The Kier molecular flexibility index (Phi) is 6.75. The van der Waals surface area contributed by atoms with Gasteiger partial charge in [0.2, 0.25) is 0 Å². The summed E-state index contributed by atoms with van der Waals surface area (Å²) in [5.41, 5.74) is 8.24. The highest BCUT2D eigenvalue weighted by molar-refractivity contribution is 7.25. The molecule has 10 rings (SSSR count). The monoisotopic (exact) mass is 653 g/mol. The van der Waals surface area contributed by atoms with Gasteiger partial charge >= 0.3 is 0 Å². The molecular formula is C48H31NS. The van der Waals surface area contributed by atoms with Crippen molar-refractivity contribution in [1.29, 1.82) is 0 Å². The molecular weight excluding hydrogens is 623 g/mol. The van der Waals surface area contributed by atoms with Crippen molar-refractivity contribution >= 4 is 80.9 Å². The summed E-state index contributed by atoms with van der Waals surface area (Å²) in [6.45, 7) is 0. The van der Waals surface area contributed by atoms with Crippen molar-refractivity contribution in [2.24, 2.45) is 0 Å². The molecule has 0 unspecified atom stereocenters. The Bertz CT molecular complexity index is 2860. The number of hydrogen-bond donors (Lipinski definition) is 0. The standard InChI is InChI=1S/C48H31NS/c1-2-9-37-29-38(16-13-32(37)7-1)33-17-23-40(24-18-33)49(42-27-21-36-15-14-35-8-3-4-10-43(35)46(36)31-42)41-25-19-34(20-26-41)39-22-28-45-44-11-5-6-12-47(44)50-48(45)30-39/h1-31H. The fraction of sp³-hybridized carbons (Fsp3) is 0. The van der Waals surface area contributed by atoms with E-state index in [1.165, 1.54) is 74.7 Å². The Hall–Kier alpha value is -6.22. The predicted octanol–water partition coefficient (Wildman–Crippen LogP) is 14.3. The topological polar surface area (TPSA) is 3.24 Å². The summed E-state index contributed by atoms with van der Waals surface area (Å²) in [6.07, 6.45) is 0. The van der Waals surface area contributed by atoms with Gasteiger partial charge in [0.25, 0.3) is 0 Å². The minimum atomic E-state index is 1.12. The molecule has 0 N–H and O–H groups in total. The van der Waals surface area contributed by atoms with Crippen LogP contribution in [0.2, 0.25) is 0 Å². The third-order valence-corrected chi connectivity index (χ3v) is 11.2. The van der Waals surface area contributed by atoms with Crippen LogP contribution in [0, 0.1) is 0 Å². The van der Waals surface area contributed by atoms with Crippen molar-refractivity contribution in [3.63, 3.8) is 0 Å². The molecule has 50 heavy (non-hydrogen) atoms. The largest absolute Gasteiger partial charge is 0.310 e. The fourth-order valence-corrected chi connectivity index (χ4v) is 8.60. The summed E-state index contributed by atoms with van der Waals surface area (Å²) in [5, 5.41) is 10.2. The smallest absolute Gasteiger partial charge is 0.0468 e. The highest BCUT2D eigenvalue weighted by atomic mass is 32.1. The Morgan fingerprint density at radius 1 is 0.280 bits per heavy atom. The van der Waals surface area contributed by atoms with E-state index in [1.54, 1.807) is 0 Å². The van der Waals surface area contributed by atoms with Crippen LogP contribution in [0.15, 0.2) is 188 Å². The number of thiophene rings is 1. The molecule has 2 heteroatoms. The zero-order valence-corrected chi connectivity index (χ0v) is 28.1. The Morgan fingerprint density at radius 2 is 0.780 bits per heavy atom. The zero-order valence-electron chi connectivity index (χ0n) is 27.3. The van der Waals surface area contributed by atoms with Gasteiger partial charge in [0, 0.05) is 37.2 Å². The van der Waals surface area contributed by atoms with E-state index in [0.717, 1.165) is 17.1 Å². The van der Waals surface area contributed by atoms with E-state index in [9.17, 15) is 0 Å². The third kappa shape index (κ3) is 4.92. The number of anilines is 3. The summed E-state index contributed by atoms with van der Waals surface area (Å²) >= 11 is 1.87. The maximum absolute atomic E-state index is 2.38. The van der Waals surface area contributed by atoms with Gasteiger partial charge in [0.1, 0.15) is 0 Å². The summed E-state index contributed by atoms with van der Waals surface area (Å²) in [7, 11) is 0. The Morgan fingerprint density at radius 3 is 1.54 bits per heavy atom. The molecule has 234 valence electrons. The first-order chi connectivity index (χ1) is 24.7. The molecule has 0 spiro atoms. The van der Waals surface area contributed by atoms with E-state index in [2.05, 4.69) is 193 Å². The summed E-state index contributed by atoms with van der Waals surface area (Å²) in [5.74, 6) is 0. The lowest BCUT2D eigenvalue weighted by Crippen LogP contribution is -2.09. The molecule has 1 nitrogen and oxygen atoms in total. The maximum atomic E-state index is 2.38. The normalized spacial score (nSPS) is 11.6. The molecule has 10 aromatic rings. The third-order valence-electron chi connectivity index (χ3n) is 10.0. The molecule has 0 aliphatic rings. The minimum Gasteiger partial charge on any atom is -0.310 e. The summed E-state index contributed by atoms with van der Waals surface area (Å²) < 4.78 is 2.66. The maximum Gasteiger partial charge on any atom is 0.0468 e. The van der Waals surface area contributed by atoms with Gasteiger partial charge in [-0.3, -0.25) is 0 Å². The lowest BCUT2D eigenvalue weighted by molar-refractivity contribution is 1.29. The van der Waals surface area contributed by atoms with Crippen molar-refractivity contribution in [1.82, 2.24) is 0 Å². The fourth-order valence-electron chi connectivity index (χ4n) is 7.46. The van der Waals surface area contributed by atoms with Crippen LogP contribution in [0.5, 0.6) is 0 Å². The second kappa shape index (κ2) is 11.7. The summed E-state index contributed by atoms with van der Waals surface area (Å²) in [6, 6.07) is 68.8. The Balaban J connectivity index is 1.07. The van der Waals surface area contributed by atoms with E-state index in [4.69, 9.17) is 0 Å². The van der Waals surface area contributed by atoms with E-state index in [-0.39, 0.29) is 0 Å². The molecule has 0 radical (unpaired) electrons. The first-order valence-corrected chi connectivity index (χ1v) is 17.9. The van der Waals surface area contributed by atoms with Gasteiger partial charge in [0.05, 0.1) is 0 Å². The van der Waals surface area contributed by atoms with Gasteiger partial charge in [-0.25, -0.2) is 0 Å². The molecule has 0 amide bonds. The van der Waals surface area contributed by atoms with E-state index >= 15 is 0 Å². The molecule has 0 atom stereocenters. The average molecular weight is 654 g/mol. The average Bonchev–Trinajstić information content (AvgIpc) is 3.56. The van der Waals surface area contributed by atoms with E-state index in [0.29, 0.717) is 0 Å². The van der Waals surface area contributed by atoms with Crippen LogP contribution in [0.3, 0.4) is 0 Å². The predicted molar refractivity (Wildman–Crippen MR) is 217 cm³/mol.